The lowest BCUT2D eigenvalue weighted by Crippen LogP contribution is -2.42. The van der Waals surface area contributed by atoms with E-state index in [1.165, 1.54) is 11.3 Å². The number of nitrogens with zero attached hydrogens (tertiary/aromatic N) is 2. The summed E-state index contributed by atoms with van der Waals surface area (Å²) in [6.07, 6.45) is 0.205. The predicted molar refractivity (Wildman–Crippen MR) is 95.6 cm³/mol. The molecule has 0 spiro atoms. The maximum atomic E-state index is 12.1. The molecule has 2 heterocycles. The van der Waals surface area contributed by atoms with Gasteiger partial charge in [0.2, 0.25) is 5.91 Å². The second-order valence-corrected chi connectivity index (χ2v) is 6.62. The summed E-state index contributed by atoms with van der Waals surface area (Å²) in [4.78, 5) is 30.5. The Kier molecular flexibility index (Phi) is 5.62. The molecule has 1 fully saturated rings. The summed E-state index contributed by atoms with van der Waals surface area (Å²) in [5, 5.41) is 2.48. The van der Waals surface area contributed by atoms with Gasteiger partial charge in [-0.25, -0.2) is 4.98 Å². The zero-order valence-corrected chi connectivity index (χ0v) is 14.8. The van der Waals surface area contributed by atoms with Crippen LogP contribution in [0.25, 0.3) is 0 Å². The Bertz CT molecular complexity index is 739. The second-order valence-electron chi connectivity index (χ2n) is 5.78. The van der Waals surface area contributed by atoms with Crippen molar-refractivity contribution in [1.82, 2.24) is 15.8 Å². The predicted octanol–water partition coefficient (Wildman–Crippen LogP) is 1.29. The van der Waals surface area contributed by atoms with Crippen molar-refractivity contribution >= 4 is 28.3 Å². The van der Waals surface area contributed by atoms with Gasteiger partial charge in [-0.1, -0.05) is 29.8 Å². The average molecular weight is 360 g/mol. The van der Waals surface area contributed by atoms with Crippen LogP contribution in [0.5, 0.6) is 0 Å². The maximum Gasteiger partial charge on any atom is 0.289 e. The fourth-order valence-corrected chi connectivity index (χ4v) is 3.25. The number of carbonyl (C=O) groups excluding carboxylic acids is 2. The standard InChI is InChI=1S/C17H20N4O3S/c1-12-2-4-13(5-3-12)10-15(22)19-20-16(23)14-11-25-17(18-14)21-6-8-24-9-7-21/h2-5,11H,6-10H2,1H3,(H,19,22)(H,20,23). The number of carbonyl (C=O) groups is 2. The molecule has 0 atom stereocenters. The van der Waals surface area contributed by atoms with Gasteiger partial charge in [0.15, 0.2) is 5.13 Å². The Morgan fingerprint density at radius 2 is 1.92 bits per heavy atom. The number of thiazole rings is 1. The van der Waals surface area contributed by atoms with Gasteiger partial charge < -0.3 is 9.64 Å². The fraction of sp³-hybridized carbons (Fsp3) is 0.353. The molecule has 1 saturated heterocycles. The molecule has 132 valence electrons. The second kappa shape index (κ2) is 8.09. The molecule has 2 aromatic rings. The summed E-state index contributed by atoms with van der Waals surface area (Å²) < 4.78 is 5.30. The number of amides is 2. The highest BCUT2D eigenvalue weighted by Gasteiger charge is 2.17. The average Bonchev–Trinajstić information content (AvgIpc) is 3.13. The monoisotopic (exact) mass is 360 g/mol. The molecule has 3 rings (SSSR count). The molecule has 7 nitrogen and oxygen atoms in total. The van der Waals surface area contributed by atoms with E-state index < -0.39 is 5.91 Å². The van der Waals surface area contributed by atoms with Crippen LogP contribution in [0, 0.1) is 6.92 Å². The van der Waals surface area contributed by atoms with Crippen molar-refractivity contribution < 1.29 is 14.3 Å². The van der Waals surface area contributed by atoms with Crippen LogP contribution >= 0.6 is 11.3 Å². The van der Waals surface area contributed by atoms with Crippen molar-refractivity contribution in [3.05, 3.63) is 46.5 Å². The molecule has 0 saturated carbocycles. The van der Waals surface area contributed by atoms with Crippen molar-refractivity contribution in [3.63, 3.8) is 0 Å². The van der Waals surface area contributed by atoms with Gasteiger partial charge in [0.1, 0.15) is 5.69 Å². The fourth-order valence-electron chi connectivity index (χ4n) is 2.39. The third-order valence-corrected chi connectivity index (χ3v) is 4.71. The van der Waals surface area contributed by atoms with Gasteiger partial charge >= 0.3 is 0 Å². The number of hydrogen-bond acceptors (Lipinski definition) is 6. The Hall–Kier alpha value is -2.45. The Morgan fingerprint density at radius 1 is 1.20 bits per heavy atom. The highest BCUT2D eigenvalue weighted by molar-refractivity contribution is 7.13. The number of rotatable bonds is 4. The number of nitrogens with one attached hydrogen (secondary N) is 2. The summed E-state index contributed by atoms with van der Waals surface area (Å²) >= 11 is 1.41. The Morgan fingerprint density at radius 3 is 2.64 bits per heavy atom. The Labute approximate surface area is 150 Å². The molecule has 1 aliphatic rings. The summed E-state index contributed by atoms with van der Waals surface area (Å²) in [6.45, 7) is 4.85. The molecule has 0 aliphatic carbocycles. The van der Waals surface area contributed by atoms with E-state index in [4.69, 9.17) is 4.74 Å². The van der Waals surface area contributed by atoms with E-state index in [0.29, 0.717) is 18.9 Å². The number of anilines is 1. The molecule has 1 aliphatic heterocycles. The molecule has 2 N–H and O–H groups in total. The topological polar surface area (TPSA) is 83.6 Å². The molecule has 0 bridgehead atoms. The number of ether oxygens (including phenoxy) is 1. The van der Waals surface area contributed by atoms with Crippen LogP contribution in [-0.4, -0.2) is 43.1 Å². The van der Waals surface area contributed by atoms with Gasteiger partial charge in [-0.15, -0.1) is 11.3 Å². The van der Waals surface area contributed by atoms with E-state index in [2.05, 4.69) is 20.7 Å². The first kappa shape index (κ1) is 17.4. The van der Waals surface area contributed by atoms with E-state index in [9.17, 15) is 9.59 Å². The molecule has 2 amide bonds. The number of aromatic nitrogens is 1. The van der Waals surface area contributed by atoms with Crippen LogP contribution in [0.3, 0.4) is 0 Å². The van der Waals surface area contributed by atoms with Crippen LogP contribution in [0.1, 0.15) is 21.6 Å². The van der Waals surface area contributed by atoms with Crippen LogP contribution in [0.4, 0.5) is 5.13 Å². The van der Waals surface area contributed by atoms with Crippen molar-refractivity contribution in [2.24, 2.45) is 0 Å². The lowest BCUT2D eigenvalue weighted by atomic mass is 10.1. The summed E-state index contributed by atoms with van der Waals surface area (Å²) in [5.74, 6) is -0.700. The van der Waals surface area contributed by atoms with Crippen LogP contribution in [-0.2, 0) is 16.0 Å². The minimum absolute atomic E-state index is 0.205. The zero-order valence-electron chi connectivity index (χ0n) is 13.9. The van der Waals surface area contributed by atoms with Crippen LogP contribution in [0.15, 0.2) is 29.6 Å². The van der Waals surface area contributed by atoms with Crippen molar-refractivity contribution in [3.8, 4) is 0 Å². The zero-order chi connectivity index (χ0) is 17.6. The first-order valence-corrected chi connectivity index (χ1v) is 8.93. The van der Waals surface area contributed by atoms with Gasteiger partial charge in [-0.3, -0.25) is 20.4 Å². The van der Waals surface area contributed by atoms with Gasteiger partial charge in [0.25, 0.3) is 5.91 Å². The van der Waals surface area contributed by atoms with Gasteiger partial charge in [-0.2, -0.15) is 0 Å². The lowest BCUT2D eigenvalue weighted by molar-refractivity contribution is -0.121. The van der Waals surface area contributed by atoms with Crippen molar-refractivity contribution in [2.75, 3.05) is 31.2 Å². The van der Waals surface area contributed by atoms with Gasteiger partial charge in [-0.05, 0) is 12.5 Å². The SMILES string of the molecule is Cc1ccc(CC(=O)NNC(=O)c2csc(N3CCOCC3)n2)cc1. The normalized spacial score (nSPS) is 14.2. The number of hydrogen-bond donors (Lipinski definition) is 2. The van der Waals surface area contributed by atoms with Crippen LogP contribution in [0.2, 0.25) is 0 Å². The van der Waals surface area contributed by atoms with E-state index in [1.807, 2.05) is 31.2 Å². The summed E-state index contributed by atoms with van der Waals surface area (Å²) in [5.41, 5.74) is 7.15. The molecule has 8 heteroatoms. The molecular weight excluding hydrogens is 340 g/mol. The molecule has 1 aromatic carbocycles. The smallest absolute Gasteiger partial charge is 0.289 e. The van der Waals surface area contributed by atoms with Crippen molar-refractivity contribution in [1.29, 1.82) is 0 Å². The van der Waals surface area contributed by atoms with E-state index >= 15 is 0 Å². The Balaban J connectivity index is 1.49. The first-order valence-electron chi connectivity index (χ1n) is 8.05. The van der Waals surface area contributed by atoms with Crippen LogP contribution < -0.4 is 15.8 Å². The maximum absolute atomic E-state index is 12.1. The molecule has 0 radical (unpaired) electrons. The van der Waals surface area contributed by atoms with E-state index in [0.717, 1.165) is 29.3 Å². The number of benzene rings is 1. The summed E-state index contributed by atoms with van der Waals surface area (Å²) in [7, 11) is 0. The minimum Gasteiger partial charge on any atom is -0.378 e. The lowest BCUT2D eigenvalue weighted by Gasteiger charge is -2.25. The molecular formula is C17H20N4O3S. The van der Waals surface area contributed by atoms with E-state index in [1.54, 1.807) is 5.38 Å². The molecule has 25 heavy (non-hydrogen) atoms. The minimum atomic E-state index is -0.423. The molecule has 0 unspecified atom stereocenters. The number of hydrazine groups is 1. The number of morpholine rings is 1. The van der Waals surface area contributed by atoms with Crippen molar-refractivity contribution in [2.45, 2.75) is 13.3 Å². The first-order chi connectivity index (χ1) is 12.1. The third-order valence-electron chi connectivity index (χ3n) is 3.81. The van der Waals surface area contributed by atoms with Gasteiger partial charge in [0, 0.05) is 18.5 Å². The summed E-state index contributed by atoms with van der Waals surface area (Å²) in [6, 6.07) is 7.69. The highest BCUT2D eigenvalue weighted by atomic mass is 32.1. The van der Waals surface area contributed by atoms with Gasteiger partial charge in [0.05, 0.1) is 19.6 Å². The van der Waals surface area contributed by atoms with E-state index in [-0.39, 0.29) is 12.3 Å². The third kappa shape index (κ3) is 4.77. The number of aryl methyl sites for hydroxylation is 1. The highest BCUT2D eigenvalue weighted by Crippen LogP contribution is 2.21. The largest absolute Gasteiger partial charge is 0.378 e. The quantitative estimate of drug-likeness (QED) is 0.803. The molecule has 1 aromatic heterocycles.